The summed E-state index contributed by atoms with van der Waals surface area (Å²) in [6.07, 6.45) is 4.50. The first-order valence-electron chi connectivity index (χ1n) is 8.36. The summed E-state index contributed by atoms with van der Waals surface area (Å²) in [5, 5.41) is 0. The Morgan fingerprint density at radius 3 is 2.54 bits per heavy atom. The quantitative estimate of drug-likeness (QED) is 0.851. The number of ether oxygens (including phenoxy) is 2. The van der Waals surface area contributed by atoms with E-state index >= 15 is 0 Å². The van der Waals surface area contributed by atoms with E-state index in [9.17, 15) is 4.79 Å². The number of carbonyl (C=O) groups is 1. The van der Waals surface area contributed by atoms with Crippen LogP contribution in [0.4, 0.5) is 0 Å². The molecule has 5 nitrogen and oxygen atoms in total. The Morgan fingerprint density at radius 1 is 1.25 bits per heavy atom. The number of carbonyl (C=O) groups excluding carboxylic acids is 1. The fraction of sp³-hybridized carbons (Fsp3) is 0.611. The third-order valence-electron chi connectivity index (χ3n) is 4.57. The van der Waals surface area contributed by atoms with Crippen molar-refractivity contribution in [3.63, 3.8) is 0 Å². The zero-order valence-electron chi connectivity index (χ0n) is 14.6. The van der Waals surface area contributed by atoms with Gasteiger partial charge in [-0.05, 0) is 30.5 Å². The molecule has 1 aliphatic heterocycles. The van der Waals surface area contributed by atoms with Crippen molar-refractivity contribution in [2.45, 2.75) is 44.2 Å². The Labute approximate surface area is 150 Å². The number of hydrogen-bond acceptors (Lipinski definition) is 4. The van der Waals surface area contributed by atoms with Crippen LogP contribution >= 0.6 is 12.4 Å². The van der Waals surface area contributed by atoms with Crippen molar-refractivity contribution in [3.8, 4) is 5.75 Å². The summed E-state index contributed by atoms with van der Waals surface area (Å²) < 4.78 is 10.5. The van der Waals surface area contributed by atoms with Crippen molar-refractivity contribution in [1.29, 1.82) is 0 Å². The van der Waals surface area contributed by atoms with Gasteiger partial charge in [0, 0.05) is 20.2 Å². The Kier molecular flexibility index (Phi) is 9.11. The number of likely N-dealkylation sites (tertiary alicyclic amines) is 1. The number of nitrogens with two attached hydrogens (primary N) is 1. The van der Waals surface area contributed by atoms with Crippen molar-refractivity contribution in [2.24, 2.45) is 5.73 Å². The van der Waals surface area contributed by atoms with E-state index in [1.807, 2.05) is 17.0 Å². The van der Waals surface area contributed by atoms with Crippen LogP contribution in [0.25, 0.3) is 0 Å². The minimum atomic E-state index is -0.206. The van der Waals surface area contributed by atoms with Gasteiger partial charge < -0.3 is 20.1 Å². The zero-order chi connectivity index (χ0) is 16.7. The molecular formula is C18H29ClN2O3. The van der Waals surface area contributed by atoms with Gasteiger partial charge in [-0.2, -0.15) is 0 Å². The van der Waals surface area contributed by atoms with Crippen LogP contribution in [0.3, 0.4) is 0 Å². The molecule has 0 bridgehead atoms. The summed E-state index contributed by atoms with van der Waals surface area (Å²) in [6, 6.07) is 8.17. The highest BCUT2D eigenvalue weighted by molar-refractivity contribution is 5.85. The van der Waals surface area contributed by atoms with Crippen LogP contribution in [0.1, 0.15) is 43.7 Å². The van der Waals surface area contributed by atoms with Gasteiger partial charge in [0.05, 0.1) is 25.7 Å². The van der Waals surface area contributed by atoms with E-state index in [4.69, 9.17) is 15.2 Å². The molecule has 24 heavy (non-hydrogen) atoms. The molecular weight excluding hydrogens is 328 g/mol. The second kappa shape index (κ2) is 10.5. The standard InChI is InChI=1S/C18H28N2O3.ClH/c1-22-15-9-7-14(8-10-15)17-6-4-3-5-11-20(17)18(21)12-16(13-19)23-2;/h7-10,16-17H,3-6,11-13,19H2,1-2H3;1H. The molecule has 2 atom stereocenters. The summed E-state index contributed by atoms with van der Waals surface area (Å²) >= 11 is 0. The van der Waals surface area contributed by atoms with E-state index in [0.29, 0.717) is 13.0 Å². The molecule has 0 aromatic heterocycles. The summed E-state index contributed by atoms with van der Waals surface area (Å²) in [6.45, 7) is 1.17. The predicted octanol–water partition coefficient (Wildman–Crippen LogP) is 2.92. The molecule has 2 N–H and O–H groups in total. The van der Waals surface area contributed by atoms with Gasteiger partial charge in [0.1, 0.15) is 5.75 Å². The van der Waals surface area contributed by atoms with Crippen LogP contribution in [0.5, 0.6) is 5.75 Å². The number of nitrogens with zero attached hydrogens (tertiary/aromatic N) is 1. The second-order valence-corrected chi connectivity index (χ2v) is 6.02. The van der Waals surface area contributed by atoms with Crippen LogP contribution < -0.4 is 10.5 Å². The number of amides is 1. The molecule has 1 fully saturated rings. The summed E-state index contributed by atoms with van der Waals surface area (Å²) in [4.78, 5) is 14.8. The average Bonchev–Trinajstić information content (AvgIpc) is 2.85. The smallest absolute Gasteiger partial charge is 0.225 e. The van der Waals surface area contributed by atoms with E-state index in [1.165, 1.54) is 12.0 Å². The van der Waals surface area contributed by atoms with Gasteiger partial charge in [-0.25, -0.2) is 0 Å². The van der Waals surface area contributed by atoms with Crippen LogP contribution in [0.15, 0.2) is 24.3 Å². The molecule has 1 saturated heterocycles. The highest BCUT2D eigenvalue weighted by atomic mass is 35.5. The molecule has 1 aromatic rings. The summed E-state index contributed by atoms with van der Waals surface area (Å²) in [7, 11) is 3.27. The Morgan fingerprint density at radius 2 is 1.96 bits per heavy atom. The lowest BCUT2D eigenvalue weighted by Gasteiger charge is -2.31. The van der Waals surface area contributed by atoms with E-state index in [0.717, 1.165) is 31.6 Å². The molecule has 0 radical (unpaired) electrons. The van der Waals surface area contributed by atoms with Crippen molar-refractivity contribution >= 4 is 18.3 Å². The van der Waals surface area contributed by atoms with Crippen LogP contribution in [0, 0.1) is 0 Å². The summed E-state index contributed by atoms with van der Waals surface area (Å²) in [5.74, 6) is 0.966. The van der Waals surface area contributed by atoms with Gasteiger partial charge in [0.25, 0.3) is 0 Å². The third-order valence-corrected chi connectivity index (χ3v) is 4.57. The largest absolute Gasteiger partial charge is 0.497 e. The zero-order valence-corrected chi connectivity index (χ0v) is 15.4. The first kappa shape index (κ1) is 20.7. The number of rotatable bonds is 6. The average molecular weight is 357 g/mol. The number of methoxy groups -OCH3 is 2. The first-order chi connectivity index (χ1) is 11.2. The van der Waals surface area contributed by atoms with Gasteiger partial charge in [-0.1, -0.05) is 25.0 Å². The second-order valence-electron chi connectivity index (χ2n) is 6.02. The SMILES string of the molecule is COc1ccc(C2CCCCCN2C(=O)CC(CN)OC)cc1.Cl. The third kappa shape index (κ3) is 5.36. The molecule has 1 aliphatic rings. The fourth-order valence-electron chi connectivity index (χ4n) is 3.15. The van der Waals surface area contributed by atoms with Gasteiger partial charge in [0.15, 0.2) is 0 Å². The lowest BCUT2D eigenvalue weighted by atomic mass is 10.00. The number of hydrogen-bond donors (Lipinski definition) is 1. The number of halogens is 1. The van der Waals surface area contributed by atoms with E-state index in [2.05, 4.69) is 12.1 Å². The molecule has 2 rings (SSSR count). The van der Waals surface area contributed by atoms with Crippen molar-refractivity contribution in [2.75, 3.05) is 27.3 Å². The maximum atomic E-state index is 12.8. The number of benzene rings is 1. The normalized spacial score (nSPS) is 19.1. The van der Waals surface area contributed by atoms with Crippen molar-refractivity contribution in [1.82, 2.24) is 4.90 Å². The lowest BCUT2D eigenvalue weighted by molar-refractivity contribution is -0.136. The Balaban J connectivity index is 0.00000288. The van der Waals surface area contributed by atoms with Crippen LogP contribution in [0.2, 0.25) is 0 Å². The van der Waals surface area contributed by atoms with E-state index in [1.54, 1.807) is 14.2 Å². The minimum Gasteiger partial charge on any atom is -0.497 e. The van der Waals surface area contributed by atoms with Crippen LogP contribution in [-0.4, -0.2) is 44.2 Å². The summed E-state index contributed by atoms with van der Waals surface area (Å²) in [5.41, 5.74) is 6.83. The van der Waals surface area contributed by atoms with Gasteiger partial charge in [-0.3, -0.25) is 4.79 Å². The molecule has 6 heteroatoms. The topological polar surface area (TPSA) is 64.8 Å². The molecule has 0 spiro atoms. The molecule has 2 unspecified atom stereocenters. The van der Waals surface area contributed by atoms with Gasteiger partial charge >= 0.3 is 0 Å². The maximum absolute atomic E-state index is 12.8. The fourth-order valence-corrected chi connectivity index (χ4v) is 3.15. The van der Waals surface area contributed by atoms with Crippen molar-refractivity contribution < 1.29 is 14.3 Å². The van der Waals surface area contributed by atoms with Gasteiger partial charge in [-0.15, -0.1) is 12.4 Å². The first-order valence-corrected chi connectivity index (χ1v) is 8.36. The van der Waals surface area contributed by atoms with Crippen molar-refractivity contribution in [3.05, 3.63) is 29.8 Å². The molecule has 136 valence electrons. The highest BCUT2D eigenvalue weighted by Crippen LogP contribution is 2.31. The Hall–Kier alpha value is -1.30. The van der Waals surface area contributed by atoms with E-state index < -0.39 is 0 Å². The molecule has 0 saturated carbocycles. The molecule has 1 heterocycles. The predicted molar refractivity (Wildman–Crippen MR) is 97.6 cm³/mol. The minimum absolute atomic E-state index is 0. The van der Waals surface area contributed by atoms with E-state index in [-0.39, 0.29) is 30.5 Å². The Bertz CT molecular complexity index is 492. The monoisotopic (exact) mass is 356 g/mol. The maximum Gasteiger partial charge on any atom is 0.225 e. The molecule has 1 amide bonds. The lowest BCUT2D eigenvalue weighted by Crippen LogP contribution is -2.38. The molecule has 1 aromatic carbocycles. The molecule has 0 aliphatic carbocycles. The van der Waals surface area contributed by atoms with Crippen LogP contribution in [-0.2, 0) is 9.53 Å². The highest BCUT2D eigenvalue weighted by Gasteiger charge is 2.28. The van der Waals surface area contributed by atoms with Gasteiger partial charge in [0.2, 0.25) is 5.91 Å².